The summed E-state index contributed by atoms with van der Waals surface area (Å²) in [6.07, 6.45) is 11.6. The lowest BCUT2D eigenvalue weighted by Crippen LogP contribution is -2.61. The van der Waals surface area contributed by atoms with Crippen LogP contribution in [0.1, 0.15) is 68.8 Å². The van der Waals surface area contributed by atoms with Crippen molar-refractivity contribution < 1.29 is 14.3 Å². The second kappa shape index (κ2) is 11.6. The van der Waals surface area contributed by atoms with Crippen molar-refractivity contribution in [1.29, 1.82) is 5.26 Å². The molecule has 1 saturated heterocycles. The van der Waals surface area contributed by atoms with Crippen LogP contribution in [-0.2, 0) is 0 Å². The minimum atomic E-state index is -0.302. The van der Waals surface area contributed by atoms with E-state index in [4.69, 9.17) is 14.5 Å². The molecule has 2 fully saturated rings. The van der Waals surface area contributed by atoms with Gasteiger partial charge in [-0.15, -0.1) is 0 Å². The molecule has 4 unspecified atom stereocenters. The van der Waals surface area contributed by atoms with E-state index in [0.717, 1.165) is 54.6 Å². The molecule has 10 nitrogen and oxygen atoms in total. The van der Waals surface area contributed by atoms with Crippen LogP contribution >= 0.6 is 0 Å². The molecule has 6 rings (SSSR count). The van der Waals surface area contributed by atoms with Crippen molar-refractivity contribution in [3.05, 3.63) is 66.2 Å². The molecule has 1 aliphatic heterocycles. The summed E-state index contributed by atoms with van der Waals surface area (Å²) >= 11 is 0. The fraction of sp³-hybridized carbons (Fsp3) is 0.424. The summed E-state index contributed by atoms with van der Waals surface area (Å²) in [5.74, 6) is 2.51. The van der Waals surface area contributed by atoms with Crippen molar-refractivity contribution in [2.24, 2.45) is 5.92 Å². The van der Waals surface area contributed by atoms with Gasteiger partial charge in [0.2, 0.25) is 5.88 Å². The number of ether oxygens (including phenoxy) is 2. The van der Waals surface area contributed by atoms with Crippen molar-refractivity contribution in [2.75, 3.05) is 18.6 Å². The minimum absolute atomic E-state index is 0.101. The van der Waals surface area contributed by atoms with E-state index in [9.17, 15) is 10.1 Å². The summed E-state index contributed by atoms with van der Waals surface area (Å²) in [4.78, 5) is 24.9. The number of methoxy groups -OCH3 is 1. The number of anilines is 1. The number of nitriles is 1. The average Bonchev–Trinajstić information content (AvgIpc) is 3.44. The van der Waals surface area contributed by atoms with Gasteiger partial charge in [0, 0.05) is 47.2 Å². The highest BCUT2D eigenvalue weighted by Gasteiger charge is 2.47. The van der Waals surface area contributed by atoms with Gasteiger partial charge >= 0.3 is 0 Å². The molecule has 1 N–H and O–H groups in total. The number of fused-ring (bicyclic) bond motifs is 3. The number of pyridine rings is 3. The number of hydrogen-bond acceptors (Lipinski definition) is 8. The first kappa shape index (κ1) is 28.5. The topological polar surface area (TPSA) is 118 Å². The quantitative estimate of drug-likeness (QED) is 0.294. The Hall–Kier alpha value is -4.65. The number of carbonyl (C=O) groups is 1. The van der Waals surface area contributed by atoms with Crippen LogP contribution < -0.4 is 19.7 Å². The number of rotatable bonds is 8. The number of piperidine rings is 1. The Morgan fingerprint density at radius 2 is 2.00 bits per heavy atom. The molecule has 4 aromatic rings. The van der Waals surface area contributed by atoms with Gasteiger partial charge in [0.15, 0.2) is 0 Å². The molecule has 43 heavy (non-hydrogen) atoms. The molecule has 222 valence electrons. The van der Waals surface area contributed by atoms with Crippen molar-refractivity contribution in [3.8, 4) is 28.8 Å². The summed E-state index contributed by atoms with van der Waals surface area (Å²) in [7, 11) is 1.56. The Bertz CT molecular complexity index is 1660. The first-order valence-corrected chi connectivity index (χ1v) is 15.0. The fourth-order valence-electron chi connectivity index (χ4n) is 7.17. The maximum absolute atomic E-state index is 13.3. The number of amides is 1. The fourth-order valence-corrected chi connectivity index (χ4v) is 7.17. The van der Waals surface area contributed by atoms with E-state index >= 15 is 0 Å². The molecular weight excluding hydrogens is 542 g/mol. The highest BCUT2D eigenvalue weighted by molar-refractivity contribution is 5.94. The first-order valence-electron chi connectivity index (χ1n) is 15.0. The predicted molar refractivity (Wildman–Crippen MR) is 163 cm³/mol. The van der Waals surface area contributed by atoms with Crippen LogP contribution in [-0.4, -0.2) is 56.8 Å². The number of nitrogens with one attached hydrogen (secondary N) is 1. The number of hydrogen-bond donors (Lipinski definition) is 1. The maximum Gasteiger partial charge on any atom is 0.253 e. The van der Waals surface area contributed by atoms with Gasteiger partial charge in [-0.05, 0) is 76.1 Å². The van der Waals surface area contributed by atoms with E-state index in [2.05, 4.69) is 52.3 Å². The highest BCUT2D eigenvalue weighted by atomic mass is 16.5. The lowest BCUT2D eigenvalue weighted by molar-refractivity contribution is 0.0750. The minimum Gasteiger partial charge on any atom is -0.492 e. The third-order valence-corrected chi connectivity index (χ3v) is 9.06. The SMILES string of the molecule is CCOc1cc(-c2ccc(N3C(C)CC4CC3CC(CC)(NC(=O)c3ccc(OC)nc3)C4)nc2)c2c(C#N)cnn2c1. The Morgan fingerprint density at radius 3 is 2.67 bits per heavy atom. The zero-order valence-corrected chi connectivity index (χ0v) is 25.1. The van der Waals surface area contributed by atoms with Crippen LogP contribution in [0, 0.1) is 17.2 Å². The molecular formula is C33H37N7O3. The lowest BCUT2D eigenvalue weighted by atomic mass is 9.67. The summed E-state index contributed by atoms with van der Waals surface area (Å²) < 4.78 is 12.6. The molecule has 5 heterocycles. The maximum atomic E-state index is 13.3. The van der Waals surface area contributed by atoms with Gasteiger partial charge in [0.05, 0.1) is 42.8 Å². The van der Waals surface area contributed by atoms with Crippen LogP contribution in [0.3, 0.4) is 0 Å². The monoisotopic (exact) mass is 579 g/mol. The molecule has 1 amide bonds. The van der Waals surface area contributed by atoms with Gasteiger partial charge in [-0.3, -0.25) is 4.79 Å². The van der Waals surface area contributed by atoms with Gasteiger partial charge in [0.25, 0.3) is 5.91 Å². The molecule has 1 aliphatic carbocycles. The Balaban J connectivity index is 1.27. The third kappa shape index (κ3) is 5.36. The molecule has 10 heteroatoms. The normalized spacial score (nSPS) is 23.0. The van der Waals surface area contributed by atoms with Gasteiger partial charge in [-0.25, -0.2) is 14.5 Å². The average molecular weight is 580 g/mol. The summed E-state index contributed by atoms with van der Waals surface area (Å²) in [6.45, 7) is 6.91. The van der Waals surface area contributed by atoms with Crippen LogP contribution in [0.2, 0.25) is 0 Å². The van der Waals surface area contributed by atoms with Crippen molar-refractivity contribution in [1.82, 2.24) is 24.9 Å². The van der Waals surface area contributed by atoms with E-state index < -0.39 is 0 Å². The first-order chi connectivity index (χ1) is 20.9. The van der Waals surface area contributed by atoms with E-state index in [-0.39, 0.29) is 17.5 Å². The predicted octanol–water partition coefficient (Wildman–Crippen LogP) is 5.42. The van der Waals surface area contributed by atoms with Crippen molar-refractivity contribution in [3.63, 3.8) is 0 Å². The van der Waals surface area contributed by atoms with Gasteiger partial charge in [0.1, 0.15) is 17.6 Å². The Morgan fingerprint density at radius 1 is 1.14 bits per heavy atom. The molecule has 4 aromatic heterocycles. The second-order valence-electron chi connectivity index (χ2n) is 11.7. The van der Waals surface area contributed by atoms with E-state index in [0.29, 0.717) is 41.3 Å². The second-order valence-corrected chi connectivity index (χ2v) is 11.7. The van der Waals surface area contributed by atoms with Gasteiger partial charge < -0.3 is 19.7 Å². The van der Waals surface area contributed by atoms with Gasteiger partial charge in [-0.1, -0.05) is 6.92 Å². The lowest BCUT2D eigenvalue weighted by Gasteiger charge is -2.54. The smallest absolute Gasteiger partial charge is 0.253 e. The van der Waals surface area contributed by atoms with Crippen LogP contribution in [0.4, 0.5) is 5.82 Å². The molecule has 0 aromatic carbocycles. The Kier molecular flexibility index (Phi) is 7.65. The highest BCUT2D eigenvalue weighted by Crippen LogP contribution is 2.45. The zero-order chi connectivity index (χ0) is 30.1. The Labute approximate surface area is 251 Å². The third-order valence-electron chi connectivity index (χ3n) is 9.06. The summed E-state index contributed by atoms with van der Waals surface area (Å²) in [5, 5.41) is 17.5. The van der Waals surface area contributed by atoms with Crippen LogP contribution in [0.5, 0.6) is 11.6 Å². The van der Waals surface area contributed by atoms with Crippen molar-refractivity contribution >= 4 is 17.2 Å². The molecule has 4 atom stereocenters. The number of carbonyl (C=O) groups excluding carboxylic acids is 1. The molecule has 0 spiro atoms. The molecule has 0 radical (unpaired) electrons. The van der Waals surface area contributed by atoms with Crippen molar-refractivity contribution in [2.45, 2.75) is 70.5 Å². The number of nitrogens with zero attached hydrogens (tertiary/aromatic N) is 6. The summed E-state index contributed by atoms with van der Waals surface area (Å²) in [5.41, 5.74) is 3.21. The van der Waals surface area contributed by atoms with E-state index in [1.807, 2.05) is 19.2 Å². The van der Waals surface area contributed by atoms with E-state index in [1.54, 1.807) is 42.3 Å². The largest absolute Gasteiger partial charge is 0.492 e. The van der Waals surface area contributed by atoms with Gasteiger partial charge in [-0.2, -0.15) is 10.4 Å². The molecule has 2 bridgehead atoms. The molecule has 2 aliphatic rings. The summed E-state index contributed by atoms with van der Waals surface area (Å²) in [6, 6.07) is 12.4. The van der Waals surface area contributed by atoms with Crippen LogP contribution in [0.15, 0.2) is 55.1 Å². The molecule has 1 saturated carbocycles. The zero-order valence-electron chi connectivity index (χ0n) is 25.1. The van der Waals surface area contributed by atoms with E-state index in [1.165, 1.54) is 0 Å². The standard InChI is InChI=1S/C33H37N7O3/c1-5-33(38-32(41)24-8-10-30(42-4)36-18-24)14-22-11-21(3)40(26(12-22)15-33)29-9-7-23(17-35-29)28-13-27(43-6-2)20-39-31(28)25(16-34)19-37-39/h7-10,13,17-22,26H,5-6,11-12,14-15H2,1-4H3,(H,38,41). The number of aromatic nitrogens is 4. The van der Waals surface area contributed by atoms with Crippen LogP contribution in [0.25, 0.3) is 16.6 Å².